The number of thiocarbonyl (C=S) groups is 1. The fourth-order valence-corrected chi connectivity index (χ4v) is 3.58. The Morgan fingerprint density at radius 1 is 1.23 bits per heavy atom. The SMILES string of the molecule is O=C(O)COc1cccc(/C=C2/SC(=S)N(c3ccc(O)cc3)C2=O)c1. The highest BCUT2D eigenvalue weighted by Crippen LogP contribution is 2.36. The van der Waals surface area contributed by atoms with Crippen LogP contribution in [0, 0.1) is 0 Å². The monoisotopic (exact) mass is 387 g/mol. The smallest absolute Gasteiger partial charge is 0.341 e. The van der Waals surface area contributed by atoms with Gasteiger partial charge < -0.3 is 14.9 Å². The van der Waals surface area contributed by atoms with Gasteiger partial charge in [-0.3, -0.25) is 9.69 Å². The van der Waals surface area contributed by atoms with Crippen LogP contribution in [0.1, 0.15) is 5.56 Å². The highest BCUT2D eigenvalue weighted by atomic mass is 32.2. The summed E-state index contributed by atoms with van der Waals surface area (Å²) in [6.07, 6.45) is 1.67. The molecule has 0 saturated carbocycles. The van der Waals surface area contributed by atoms with Crippen molar-refractivity contribution in [1.82, 2.24) is 0 Å². The molecule has 0 unspecified atom stereocenters. The van der Waals surface area contributed by atoms with Crippen LogP contribution in [0.5, 0.6) is 11.5 Å². The molecule has 3 rings (SSSR count). The van der Waals surface area contributed by atoms with Crippen molar-refractivity contribution in [2.45, 2.75) is 0 Å². The number of amides is 1. The molecule has 6 nitrogen and oxygen atoms in total. The van der Waals surface area contributed by atoms with Crippen LogP contribution < -0.4 is 9.64 Å². The van der Waals surface area contributed by atoms with Gasteiger partial charge in [-0.2, -0.15) is 0 Å². The number of nitrogens with zero attached hydrogens (tertiary/aromatic N) is 1. The normalized spacial score (nSPS) is 15.5. The summed E-state index contributed by atoms with van der Waals surface area (Å²) >= 11 is 6.47. The molecule has 0 aliphatic carbocycles. The van der Waals surface area contributed by atoms with Crippen LogP contribution in [0.2, 0.25) is 0 Å². The Morgan fingerprint density at radius 3 is 2.65 bits per heavy atom. The second-order valence-electron chi connectivity index (χ2n) is 5.29. The Balaban J connectivity index is 1.82. The van der Waals surface area contributed by atoms with E-state index in [9.17, 15) is 14.7 Å². The fourth-order valence-electron chi connectivity index (χ4n) is 2.28. The number of benzene rings is 2. The van der Waals surface area contributed by atoms with E-state index in [0.717, 1.165) is 0 Å². The zero-order chi connectivity index (χ0) is 18.7. The van der Waals surface area contributed by atoms with Crippen molar-refractivity contribution in [1.29, 1.82) is 0 Å². The van der Waals surface area contributed by atoms with Crippen LogP contribution in [0.4, 0.5) is 5.69 Å². The molecule has 2 aromatic rings. The third-order valence-electron chi connectivity index (χ3n) is 3.42. The van der Waals surface area contributed by atoms with Crippen LogP contribution >= 0.6 is 24.0 Å². The van der Waals surface area contributed by atoms with Crippen LogP contribution in [0.25, 0.3) is 6.08 Å². The lowest BCUT2D eigenvalue weighted by atomic mass is 10.2. The first kappa shape index (κ1) is 18.0. The molecule has 26 heavy (non-hydrogen) atoms. The van der Waals surface area contributed by atoms with Crippen molar-refractivity contribution in [2.24, 2.45) is 0 Å². The number of rotatable bonds is 5. The highest BCUT2D eigenvalue weighted by Gasteiger charge is 2.33. The van der Waals surface area contributed by atoms with Gasteiger partial charge in [0.2, 0.25) is 0 Å². The van der Waals surface area contributed by atoms with Crippen molar-refractivity contribution in [3.63, 3.8) is 0 Å². The van der Waals surface area contributed by atoms with Crippen LogP contribution in [-0.4, -0.2) is 33.0 Å². The number of phenolic OH excluding ortho intramolecular Hbond substituents is 1. The first-order valence-electron chi connectivity index (χ1n) is 7.46. The van der Waals surface area contributed by atoms with Gasteiger partial charge in [-0.05, 0) is 48.0 Å². The van der Waals surface area contributed by atoms with Gasteiger partial charge in [0.15, 0.2) is 10.9 Å². The summed E-state index contributed by atoms with van der Waals surface area (Å²) < 4.78 is 5.54. The summed E-state index contributed by atoms with van der Waals surface area (Å²) in [5.41, 5.74) is 1.27. The molecule has 1 saturated heterocycles. The Labute approximate surface area is 158 Å². The zero-order valence-corrected chi connectivity index (χ0v) is 14.9. The topological polar surface area (TPSA) is 87.1 Å². The quantitative estimate of drug-likeness (QED) is 0.601. The molecular weight excluding hydrogens is 374 g/mol. The molecule has 1 aliphatic heterocycles. The molecule has 2 N–H and O–H groups in total. The van der Waals surface area contributed by atoms with Gasteiger partial charge in [-0.25, -0.2) is 4.79 Å². The summed E-state index contributed by atoms with van der Waals surface area (Å²) in [6, 6.07) is 13.0. The van der Waals surface area contributed by atoms with Gasteiger partial charge in [0, 0.05) is 0 Å². The molecule has 132 valence electrons. The number of thioether (sulfide) groups is 1. The Morgan fingerprint density at radius 2 is 1.96 bits per heavy atom. The number of phenols is 1. The van der Waals surface area contributed by atoms with Gasteiger partial charge in [0.1, 0.15) is 11.5 Å². The van der Waals surface area contributed by atoms with Crippen LogP contribution in [0.15, 0.2) is 53.4 Å². The minimum absolute atomic E-state index is 0.105. The number of ether oxygens (including phenoxy) is 1. The minimum atomic E-state index is -1.06. The third-order valence-corrected chi connectivity index (χ3v) is 4.72. The first-order valence-corrected chi connectivity index (χ1v) is 8.68. The third kappa shape index (κ3) is 4.04. The standard InChI is InChI=1S/C18H13NO5S2/c20-13-6-4-12(5-7-13)19-17(23)15(26-18(19)25)9-11-2-1-3-14(8-11)24-10-16(21)22/h1-9,20H,10H2,(H,21,22)/b15-9+. The number of aromatic hydroxyl groups is 1. The molecule has 8 heteroatoms. The maximum absolute atomic E-state index is 12.7. The Hall–Kier alpha value is -2.84. The predicted molar refractivity (Wildman–Crippen MR) is 103 cm³/mol. The average Bonchev–Trinajstić information content (AvgIpc) is 2.88. The number of anilines is 1. The lowest BCUT2D eigenvalue weighted by molar-refractivity contribution is -0.139. The summed E-state index contributed by atoms with van der Waals surface area (Å²) in [7, 11) is 0. The molecule has 2 aromatic carbocycles. The van der Waals surface area contributed by atoms with E-state index in [4.69, 9.17) is 22.1 Å². The molecule has 0 bridgehead atoms. The van der Waals surface area contributed by atoms with Gasteiger partial charge in [0.25, 0.3) is 5.91 Å². The summed E-state index contributed by atoms with van der Waals surface area (Å²) in [5, 5.41) is 18.1. The van der Waals surface area contributed by atoms with E-state index in [1.165, 1.54) is 28.8 Å². The number of carbonyl (C=O) groups excluding carboxylic acids is 1. The number of hydrogen-bond acceptors (Lipinski definition) is 6. The number of carbonyl (C=O) groups is 2. The number of hydrogen-bond donors (Lipinski definition) is 2. The van der Waals surface area contributed by atoms with Gasteiger partial charge in [0.05, 0.1) is 10.6 Å². The van der Waals surface area contributed by atoms with E-state index >= 15 is 0 Å². The largest absolute Gasteiger partial charge is 0.508 e. The minimum Gasteiger partial charge on any atom is -0.508 e. The molecular formula is C18H13NO5S2. The molecule has 0 spiro atoms. The van der Waals surface area contributed by atoms with E-state index < -0.39 is 12.6 Å². The van der Waals surface area contributed by atoms with Crippen LogP contribution in [-0.2, 0) is 9.59 Å². The van der Waals surface area contributed by atoms with E-state index in [-0.39, 0.29) is 11.7 Å². The summed E-state index contributed by atoms with van der Waals surface area (Å²) in [6.45, 7) is -0.438. The number of carboxylic acids is 1. The fraction of sp³-hybridized carbons (Fsp3) is 0.0556. The molecule has 1 fully saturated rings. The van der Waals surface area contributed by atoms with E-state index in [0.29, 0.717) is 26.2 Å². The van der Waals surface area contributed by atoms with Crippen molar-refractivity contribution >= 4 is 51.9 Å². The van der Waals surface area contributed by atoms with Crippen molar-refractivity contribution in [3.8, 4) is 11.5 Å². The van der Waals surface area contributed by atoms with Crippen molar-refractivity contribution in [2.75, 3.05) is 11.5 Å². The number of carboxylic acid groups (broad SMARTS) is 1. The van der Waals surface area contributed by atoms with Gasteiger partial charge in [-0.1, -0.05) is 36.1 Å². The predicted octanol–water partition coefficient (Wildman–Crippen LogP) is 3.26. The van der Waals surface area contributed by atoms with Crippen LogP contribution in [0.3, 0.4) is 0 Å². The van der Waals surface area contributed by atoms with Crippen molar-refractivity contribution < 1.29 is 24.5 Å². The first-order chi connectivity index (χ1) is 12.4. The summed E-state index contributed by atoms with van der Waals surface area (Å²) in [4.78, 5) is 25.1. The lowest BCUT2D eigenvalue weighted by Crippen LogP contribution is -2.27. The molecule has 1 heterocycles. The zero-order valence-electron chi connectivity index (χ0n) is 13.3. The Bertz CT molecular complexity index is 908. The van der Waals surface area contributed by atoms with Gasteiger partial charge in [-0.15, -0.1) is 0 Å². The second-order valence-corrected chi connectivity index (χ2v) is 6.96. The van der Waals surface area contributed by atoms with Crippen molar-refractivity contribution in [3.05, 3.63) is 59.0 Å². The molecule has 0 radical (unpaired) electrons. The maximum Gasteiger partial charge on any atom is 0.341 e. The molecule has 1 aliphatic rings. The Kier molecular flexibility index (Phi) is 5.24. The number of aliphatic carboxylic acids is 1. The second kappa shape index (κ2) is 7.59. The maximum atomic E-state index is 12.7. The highest BCUT2D eigenvalue weighted by molar-refractivity contribution is 8.27. The summed E-state index contributed by atoms with van der Waals surface area (Å²) in [5.74, 6) is -0.823. The molecule has 0 atom stereocenters. The van der Waals surface area contributed by atoms with E-state index in [1.54, 1.807) is 42.5 Å². The molecule has 0 aromatic heterocycles. The average molecular weight is 387 g/mol. The van der Waals surface area contributed by atoms with E-state index in [1.807, 2.05) is 0 Å². The lowest BCUT2D eigenvalue weighted by Gasteiger charge is -2.14. The molecule has 1 amide bonds. The van der Waals surface area contributed by atoms with E-state index in [2.05, 4.69) is 0 Å². The van der Waals surface area contributed by atoms with Gasteiger partial charge >= 0.3 is 5.97 Å².